The maximum Gasteiger partial charge on any atom is 0.416 e. The fourth-order valence-electron chi connectivity index (χ4n) is 2.86. The first-order chi connectivity index (χ1) is 11.2. The summed E-state index contributed by atoms with van der Waals surface area (Å²) in [5, 5.41) is 0. The minimum absolute atomic E-state index is 0.0246. The van der Waals surface area contributed by atoms with Crippen LogP contribution in [0.3, 0.4) is 0 Å². The molecule has 0 saturated heterocycles. The molecule has 0 saturated carbocycles. The normalized spacial score (nSPS) is 23.4. The third-order valence-electron chi connectivity index (χ3n) is 4.16. The zero-order valence-electron chi connectivity index (χ0n) is 13.1. The number of esters is 1. The quantitative estimate of drug-likeness (QED) is 0.608. The number of Topliss-reactive ketones (excluding diaryl/α,β-unsaturated/α-hetero) is 1. The van der Waals surface area contributed by atoms with Crippen molar-refractivity contribution < 1.29 is 32.2 Å². The Morgan fingerprint density at radius 1 is 1.21 bits per heavy atom. The third-order valence-corrected chi connectivity index (χ3v) is 4.16. The van der Waals surface area contributed by atoms with Gasteiger partial charge in [0.05, 0.1) is 16.7 Å². The molecule has 24 heavy (non-hydrogen) atoms. The Morgan fingerprint density at radius 2 is 1.92 bits per heavy atom. The molecule has 2 aliphatic rings. The van der Waals surface area contributed by atoms with Crippen molar-refractivity contribution in [3.8, 4) is 5.75 Å². The van der Waals surface area contributed by atoms with Crippen LogP contribution < -0.4 is 4.74 Å². The topological polar surface area (TPSA) is 52.6 Å². The van der Waals surface area contributed by atoms with Gasteiger partial charge >= 0.3 is 12.1 Å². The Balaban J connectivity index is 2.16. The zero-order valence-corrected chi connectivity index (χ0v) is 13.1. The van der Waals surface area contributed by atoms with Gasteiger partial charge in [0, 0.05) is 0 Å². The minimum Gasteiger partial charge on any atom is -0.485 e. The van der Waals surface area contributed by atoms with Crippen LogP contribution in [-0.4, -0.2) is 17.9 Å². The average molecular weight is 340 g/mol. The first kappa shape index (κ1) is 16.5. The molecule has 2 unspecified atom stereocenters. The van der Waals surface area contributed by atoms with Crippen LogP contribution in [0.2, 0.25) is 0 Å². The summed E-state index contributed by atoms with van der Waals surface area (Å²) in [6, 6.07) is 2.92. The Bertz CT molecular complexity index is 749. The van der Waals surface area contributed by atoms with E-state index in [1.54, 1.807) is 0 Å². The number of halogens is 3. The second-order valence-electron chi connectivity index (χ2n) is 5.85. The van der Waals surface area contributed by atoms with Crippen LogP contribution in [0.5, 0.6) is 5.75 Å². The molecule has 2 aliphatic heterocycles. The SMILES string of the molecule is CCCC1Oc2cc(C(F)(F)F)ccc2C2=C1C(=O)C(C)C(=O)O2. The third kappa shape index (κ3) is 2.57. The van der Waals surface area contributed by atoms with Crippen LogP contribution in [0, 0.1) is 5.92 Å². The number of fused-ring (bicyclic) bond motifs is 2. The van der Waals surface area contributed by atoms with Crippen LogP contribution in [0.15, 0.2) is 23.8 Å². The lowest BCUT2D eigenvalue weighted by atomic mass is 9.86. The summed E-state index contributed by atoms with van der Waals surface area (Å²) in [5.41, 5.74) is -0.433. The highest BCUT2D eigenvalue weighted by molar-refractivity contribution is 6.16. The zero-order chi connectivity index (χ0) is 17.6. The number of carbonyl (C=O) groups excluding carboxylic acids is 2. The molecule has 0 aliphatic carbocycles. The van der Waals surface area contributed by atoms with Gasteiger partial charge in [-0.25, -0.2) is 0 Å². The van der Waals surface area contributed by atoms with Crippen molar-refractivity contribution in [3.05, 3.63) is 34.9 Å². The number of ketones is 1. The summed E-state index contributed by atoms with van der Waals surface area (Å²) in [5.74, 6) is -2.05. The Hall–Kier alpha value is -2.31. The smallest absolute Gasteiger partial charge is 0.416 e. The molecule has 1 aromatic carbocycles. The van der Waals surface area contributed by atoms with E-state index in [4.69, 9.17) is 9.47 Å². The molecule has 0 radical (unpaired) electrons. The molecule has 0 spiro atoms. The molecule has 4 nitrogen and oxygen atoms in total. The molecule has 0 N–H and O–H groups in total. The van der Waals surface area contributed by atoms with Crippen molar-refractivity contribution in [1.29, 1.82) is 0 Å². The summed E-state index contributed by atoms with van der Waals surface area (Å²) in [7, 11) is 0. The number of rotatable bonds is 2. The highest BCUT2D eigenvalue weighted by Gasteiger charge is 2.43. The van der Waals surface area contributed by atoms with Crippen LogP contribution in [0.1, 0.15) is 37.8 Å². The monoisotopic (exact) mass is 340 g/mol. The molecular formula is C17H15F3O4. The van der Waals surface area contributed by atoms with E-state index in [0.29, 0.717) is 12.8 Å². The van der Waals surface area contributed by atoms with Crippen molar-refractivity contribution in [2.75, 3.05) is 0 Å². The number of benzene rings is 1. The Labute approximate surface area is 136 Å². The van der Waals surface area contributed by atoms with Crippen LogP contribution in [-0.2, 0) is 20.5 Å². The predicted octanol–water partition coefficient (Wildman–Crippen LogP) is 3.74. The number of ether oxygens (including phenoxy) is 2. The average Bonchev–Trinajstić information content (AvgIpc) is 2.51. The van der Waals surface area contributed by atoms with E-state index in [0.717, 1.165) is 12.1 Å². The number of alkyl halides is 3. The van der Waals surface area contributed by atoms with Crippen LogP contribution in [0.25, 0.3) is 5.76 Å². The van der Waals surface area contributed by atoms with Gasteiger partial charge in [-0.2, -0.15) is 13.2 Å². The van der Waals surface area contributed by atoms with E-state index < -0.39 is 35.5 Å². The Morgan fingerprint density at radius 3 is 2.54 bits per heavy atom. The molecule has 0 bridgehead atoms. The Kier molecular flexibility index (Phi) is 3.89. The predicted molar refractivity (Wildman–Crippen MR) is 78.0 cm³/mol. The van der Waals surface area contributed by atoms with E-state index >= 15 is 0 Å². The van der Waals surface area contributed by atoms with Gasteiger partial charge in [0.1, 0.15) is 17.8 Å². The van der Waals surface area contributed by atoms with Gasteiger partial charge in [0.15, 0.2) is 11.5 Å². The molecule has 2 heterocycles. The molecule has 2 atom stereocenters. The van der Waals surface area contributed by atoms with Crippen molar-refractivity contribution in [2.24, 2.45) is 5.92 Å². The second kappa shape index (κ2) is 5.65. The van der Waals surface area contributed by atoms with Crippen molar-refractivity contribution in [2.45, 2.75) is 39.0 Å². The maximum absolute atomic E-state index is 12.9. The largest absolute Gasteiger partial charge is 0.485 e. The summed E-state index contributed by atoms with van der Waals surface area (Å²) in [6.45, 7) is 3.31. The van der Waals surface area contributed by atoms with Crippen molar-refractivity contribution in [1.82, 2.24) is 0 Å². The highest BCUT2D eigenvalue weighted by Crippen LogP contribution is 2.44. The van der Waals surface area contributed by atoms with Gasteiger partial charge in [0.25, 0.3) is 0 Å². The molecule has 3 rings (SSSR count). The summed E-state index contributed by atoms with van der Waals surface area (Å²) >= 11 is 0. The number of hydrogen-bond donors (Lipinski definition) is 0. The summed E-state index contributed by atoms with van der Waals surface area (Å²) < 4.78 is 49.6. The lowest BCUT2D eigenvalue weighted by Gasteiger charge is -2.33. The van der Waals surface area contributed by atoms with Gasteiger partial charge in [-0.3, -0.25) is 9.59 Å². The lowest BCUT2D eigenvalue weighted by molar-refractivity contribution is -0.146. The van der Waals surface area contributed by atoms with Crippen molar-refractivity contribution in [3.63, 3.8) is 0 Å². The number of hydrogen-bond acceptors (Lipinski definition) is 4. The second-order valence-corrected chi connectivity index (χ2v) is 5.85. The fraction of sp³-hybridized carbons (Fsp3) is 0.412. The first-order valence-electron chi connectivity index (χ1n) is 7.62. The molecular weight excluding hydrogens is 325 g/mol. The molecule has 0 fully saturated rings. The highest BCUT2D eigenvalue weighted by atomic mass is 19.4. The minimum atomic E-state index is -4.51. The molecule has 128 valence electrons. The van der Waals surface area contributed by atoms with Gasteiger partial charge in [0.2, 0.25) is 0 Å². The molecule has 0 aromatic heterocycles. The first-order valence-corrected chi connectivity index (χ1v) is 7.62. The molecule has 1 aromatic rings. The standard InChI is InChI=1S/C17H15F3O4/c1-3-4-11-13-14(21)8(2)16(22)24-15(13)10-6-5-9(17(18,19)20)7-12(10)23-11/h5-8,11H,3-4H2,1-2H3. The summed E-state index contributed by atoms with van der Waals surface area (Å²) in [4.78, 5) is 24.3. The van der Waals surface area contributed by atoms with Crippen LogP contribution in [0.4, 0.5) is 13.2 Å². The van der Waals surface area contributed by atoms with E-state index in [1.165, 1.54) is 13.0 Å². The van der Waals surface area contributed by atoms with Crippen molar-refractivity contribution >= 4 is 17.5 Å². The molecule has 0 amide bonds. The molecule has 7 heteroatoms. The van der Waals surface area contributed by atoms with Crippen LogP contribution >= 0.6 is 0 Å². The van der Waals surface area contributed by atoms with Gasteiger partial charge in [-0.1, -0.05) is 13.3 Å². The van der Waals surface area contributed by atoms with E-state index in [1.807, 2.05) is 6.92 Å². The van der Waals surface area contributed by atoms with Gasteiger partial charge in [-0.05, 0) is 31.5 Å². The van der Waals surface area contributed by atoms with E-state index in [9.17, 15) is 22.8 Å². The van der Waals surface area contributed by atoms with Gasteiger partial charge < -0.3 is 9.47 Å². The number of carbonyl (C=O) groups is 2. The fourth-order valence-corrected chi connectivity index (χ4v) is 2.86. The van der Waals surface area contributed by atoms with Gasteiger partial charge in [-0.15, -0.1) is 0 Å². The van der Waals surface area contributed by atoms with E-state index in [2.05, 4.69) is 0 Å². The van der Waals surface area contributed by atoms with E-state index in [-0.39, 0.29) is 22.6 Å². The summed E-state index contributed by atoms with van der Waals surface area (Å²) in [6.07, 6.45) is -4.14. The lowest BCUT2D eigenvalue weighted by Crippen LogP contribution is -2.39. The maximum atomic E-state index is 12.9.